The summed E-state index contributed by atoms with van der Waals surface area (Å²) >= 11 is 0. The highest BCUT2D eigenvalue weighted by Gasteiger charge is 2.24. The molecule has 3 heteroatoms. The zero-order chi connectivity index (χ0) is 15.4. The van der Waals surface area contributed by atoms with E-state index in [9.17, 15) is 9.50 Å². The average molecular weight is 299 g/mol. The van der Waals surface area contributed by atoms with Crippen LogP contribution in [-0.4, -0.2) is 17.8 Å². The molecule has 0 saturated heterocycles. The SMILES string of the molecule is O[C@@H](CN[C@@H]1CCCc2ccccc21)[C@H](F)c1ccccc1. The zero-order valence-electron chi connectivity index (χ0n) is 12.6. The molecule has 22 heavy (non-hydrogen) atoms. The van der Waals surface area contributed by atoms with Gasteiger partial charge in [-0.25, -0.2) is 4.39 Å². The predicted octanol–water partition coefficient (Wildman–Crippen LogP) is 3.73. The van der Waals surface area contributed by atoms with Crippen molar-refractivity contribution in [3.05, 3.63) is 71.3 Å². The van der Waals surface area contributed by atoms with Crippen molar-refractivity contribution in [2.45, 2.75) is 37.6 Å². The molecule has 0 saturated carbocycles. The van der Waals surface area contributed by atoms with Crippen LogP contribution in [0.25, 0.3) is 0 Å². The monoisotopic (exact) mass is 299 g/mol. The Bertz CT molecular complexity index is 601. The molecule has 3 rings (SSSR count). The number of rotatable bonds is 5. The van der Waals surface area contributed by atoms with Gasteiger partial charge >= 0.3 is 0 Å². The number of halogens is 1. The average Bonchev–Trinajstić information content (AvgIpc) is 2.59. The quantitative estimate of drug-likeness (QED) is 0.882. The molecule has 0 aliphatic heterocycles. The Labute approximate surface area is 131 Å². The number of fused-ring (bicyclic) bond motifs is 1. The van der Waals surface area contributed by atoms with Crippen LogP contribution in [0.2, 0.25) is 0 Å². The minimum Gasteiger partial charge on any atom is -0.388 e. The summed E-state index contributed by atoms with van der Waals surface area (Å²) in [6.07, 6.45) is 0.880. The Morgan fingerprint density at radius 3 is 2.64 bits per heavy atom. The number of aliphatic hydroxyl groups is 1. The highest BCUT2D eigenvalue weighted by Crippen LogP contribution is 2.30. The standard InChI is InChI=1S/C19H22FNO/c20-19(15-8-2-1-3-9-15)18(22)13-21-17-12-6-10-14-7-4-5-11-16(14)17/h1-5,7-9,11,17-19,21-22H,6,10,12-13H2/t17-,18+,19-/m1/s1. The normalized spacial score (nSPS) is 20.2. The molecule has 116 valence electrons. The van der Waals surface area contributed by atoms with Gasteiger partial charge in [0.25, 0.3) is 0 Å². The molecule has 0 unspecified atom stereocenters. The van der Waals surface area contributed by atoms with E-state index in [1.54, 1.807) is 24.3 Å². The van der Waals surface area contributed by atoms with Crippen molar-refractivity contribution in [1.29, 1.82) is 0 Å². The third-order valence-electron chi connectivity index (χ3n) is 4.40. The summed E-state index contributed by atoms with van der Waals surface area (Å²) < 4.78 is 14.3. The van der Waals surface area contributed by atoms with Gasteiger partial charge in [0.2, 0.25) is 0 Å². The van der Waals surface area contributed by atoms with Gasteiger partial charge in [-0.2, -0.15) is 0 Å². The van der Waals surface area contributed by atoms with E-state index in [0.717, 1.165) is 19.3 Å². The molecule has 1 aliphatic rings. The highest BCUT2D eigenvalue weighted by molar-refractivity contribution is 5.32. The van der Waals surface area contributed by atoms with Crippen molar-refractivity contribution in [2.24, 2.45) is 0 Å². The Kier molecular flexibility index (Phi) is 4.86. The van der Waals surface area contributed by atoms with Gasteiger partial charge in [0.1, 0.15) is 6.10 Å². The summed E-state index contributed by atoms with van der Waals surface area (Å²) in [6.45, 7) is 0.259. The van der Waals surface area contributed by atoms with Gasteiger partial charge in [0, 0.05) is 12.6 Å². The fraction of sp³-hybridized carbons (Fsp3) is 0.368. The largest absolute Gasteiger partial charge is 0.388 e. The summed E-state index contributed by atoms with van der Waals surface area (Å²) in [4.78, 5) is 0. The van der Waals surface area contributed by atoms with E-state index in [2.05, 4.69) is 23.5 Å². The van der Waals surface area contributed by atoms with Crippen LogP contribution in [0.15, 0.2) is 54.6 Å². The molecule has 0 fully saturated rings. The van der Waals surface area contributed by atoms with Crippen molar-refractivity contribution in [3.63, 3.8) is 0 Å². The minimum absolute atomic E-state index is 0.211. The van der Waals surface area contributed by atoms with Crippen molar-refractivity contribution in [3.8, 4) is 0 Å². The molecule has 1 aliphatic carbocycles. The van der Waals surface area contributed by atoms with Crippen molar-refractivity contribution < 1.29 is 9.50 Å². The molecule has 0 amide bonds. The first-order chi connectivity index (χ1) is 10.8. The second-order valence-electron chi connectivity index (χ2n) is 5.93. The van der Waals surface area contributed by atoms with Gasteiger partial charge < -0.3 is 10.4 Å². The van der Waals surface area contributed by atoms with Crippen LogP contribution in [0.4, 0.5) is 4.39 Å². The van der Waals surface area contributed by atoms with Crippen molar-refractivity contribution in [2.75, 3.05) is 6.54 Å². The first-order valence-electron chi connectivity index (χ1n) is 7.94. The fourth-order valence-electron chi connectivity index (χ4n) is 3.19. The Morgan fingerprint density at radius 1 is 1.09 bits per heavy atom. The summed E-state index contributed by atoms with van der Waals surface area (Å²) in [5.41, 5.74) is 3.18. The highest BCUT2D eigenvalue weighted by atomic mass is 19.1. The predicted molar refractivity (Wildman–Crippen MR) is 86.4 cm³/mol. The van der Waals surface area contributed by atoms with E-state index in [1.165, 1.54) is 11.1 Å². The molecular weight excluding hydrogens is 277 g/mol. The summed E-state index contributed by atoms with van der Waals surface area (Å²) in [5.74, 6) is 0. The number of hydrogen-bond donors (Lipinski definition) is 2. The van der Waals surface area contributed by atoms with E-state index in [-0.39, 0.29) is 12.6 Å². The molecule has 2 aromatic rings. The third-order valence-corrected chi connectivity index (χ3v) is 4.40. The Hall–Kier alpha value is -1.71. The van der Waals surface area contributed by atoms with Crippen LogP contribution in [-0.2, 0) is 6.42 Å². The summed E-state index contributed by atoms with van der Waals surface area (Å²) in [5, 5.41) is 13.5. The lowest BCUT2D eigenvalue weighted by molar-refractivity contribution is 0.0739. The molecule has 0 aromatic heterocycles. The number of aryl methyl sites for hydroxylation is 1. The van der Waals surface area contributed by atoms with Gasteiger partial charge in [-0.05, 0) is 36.0 Å². The second-order valence-corrected chi connectivity index (χ2v) is 5.93. The van der Waals surface area contributed by atoms with Crippen LogP contribution in [0.5, 0.6) is 0 Å². The van der Waals surface area contributed by atoms with Crippen molar-refractivity contribution >= 4 is 0 Å². The van der Waals surface area contributed by atoms with E-state index >= 15 is 0 Å². The smallest absolute Gasteiger partial charge is 0.152 e. The van der Waals surface area contributed by atoms with Crippen LogP contribution < -0.4 is 5.32 Å². The van der Waals surface area contributed by atoms with Gasteiger partial charge in [-0.3, -0.25) is 0 Å². The van der Waals surface area contributed by atoms with Crippen LogP contribution in [0.1, 0.15) is 41.7 Å². The zero-order valence-corrected chi connectivity index (χ0v) is 12.6. The second kappa shape index (κ2) is 7.03. The molecule has 2 aromatic carbocycles. The van der Waals surface area contributed by atoms with E-state index in [0.29, 0.717) is 5.56 Å². The minimum atomic E-state index is -1.35. The maximum Gasteiger partial charge on any atom is 0.152 e. The lowest BCUT2D eigenvalue weighted by Gasteiger charge is -2.28. The molecule has 0 spiro atoms. The first kappa shape index (κ1) is 15.2. The Morgan fingerprint density at radius 2 is 1.82 bits per heavy atom. The molecule has 0 heterocycles. The number of benzene rings is 2. The van der Waals surface area contributed by atoms with Gasteiger partial charge in [-0.15, -0.1) is 0 Å². The van der Waals surface area contributed by atoms with Gasteiger partial charge in [0.15, 0.2) is 6.17 Å². The molecule has 0 radical (unpaired) electrons. The summed E-state index contributed by atoms with van der Waals surface area (Å²) in [7, 11) is 0. The molecule has 2 nitrogen and oxygen atoms in total. The lowest BCUT2D eigenvalue weighted by atomic mass is 9.87. The number of aliphatic hydroxyl groups excluding tert-OH is 1. The maximum atomic E-state index is 14.3. The molecule has 2 N–H and O–H groups in total. The molecule has 0 bridgehead atoms. The third kappa shape index (κ3) is 3.37. The van der Waals surface area contributed by atoms with E-state index < -0.39 is 12.3 Å². The lowest BCUT2D eigenvalue weighted by Crippen LogP contribution is -2.34. The number of alkyl halides is 1. The fourth-order valence-corrected chi connectivity index (χ4v) is 3.19. The van der Waals surface area contributed by atoms with E-state index in [1.807, 2.05) is 12.1 Å². The van der Waals surface area contributed by atoms with Crippen molar-refractivity contribution in [1.82, 2.24) is 5.32 Å². The topological polar surface area (TPSA) is 32.3 Å². The van der Waals surface area contributed by atoms with Crippen LogP contribution in [0, 0.1) is 0 Å². The van der Waals surface area contributed by atoms with Gasteiger partial charge in [-0.1, -0.05) is 54.6 Å². The molecule has 3 atom stereocenters. The van der Waals surface area contributed by atoms with Crippen LogP contribution in [0.3, 0.4) is 0 Å². The van der Waals surface area contributed by atoms with Crippen LogP contribution >= 0.6 is 0 Å². The number of nitrogens with one attached hydrogen (secondary N) is 1. The first-order valence-corrected chi connectivity index (χ1v) is 7.94. The van der Waals surface area contributed by atoms with Gasteiger partial charge in [0.05, 0.1) is 0 Å². The van der Waals surface area contributed by atoms with E-state index in [4.69, 9.17) is 0 Å². The maximum absolute atomic E-state index is 14.3. The number of hydrogen-bond acceptors (Lipinski definition) is 2. The molecular formula is C19H22FNO. The Balaban J connectivity index is 1.61. The summed E-state index contributed by atoms with van der Waals surface area (Å²) in [6, 6.07) is 17.4.